The third-order valence-corrected chi connectivity index (χ3v) is 1.73. The minimum absolute atomic E-state index is 0.287. The summed E-state index contributed by atoms with van der Waals surface area (Å²) in [5, 5.41) is 17.1. The molecule has 0 radical (unpaired) electrons. The van der Waals surface area contributed by atoms with Crippen LogP contribution in [-0.2, 0) is 9.59 Å². The van der Waals surface area contributed by atoms with Gasteiger partial charge in [0.2, 0.25) is 0 Å². The van der Waals surface area contributed by atoms with Crippen LogP contribution < -0.4 is 0 Å². The van der Waals surface area contributed by atoms with E-state index in [-0.39, 0.29) is 5.71 Å². The number of carbonyl (C=O) groups is 2. The second-order valence-corrected chi connectivity index (χ2v) is 2.59. The predicted octanol–water partition coefficient (Wildman–Crippen LogP) is 0.00660. The fraction of sp³-hybridized carbons (Fsp3) is 0.571. The van der Waals surface area contributed by atoms with Crippen molar-refractivity contribution in [1.29, 1.82) is 0 Å². The lowest BCUT2D eigenvalue weighted by Crippen LogP contribution is -2.30. The molecule has 0 spiro atoms. The van der Waals surface area contributed by atoms with Gasteiger partial charge < -0.3 is 10.2 Å². The summed E-state index contributed by atoms with van der Waals surface area (Å²) < 4.78 is 0. The van der Waals surface area contributed by atoms with E-state index in [1.54, 1.807) is 0 Å². The van der Waals surface area contributed by atoms with Crippen LogP contribution in [0.5, 0.6) is 0 Å². The first kappa shape index (κ1) is 8.70. The molecule has 0 aliphatic carbocycles. The number of aliphatic carboxylic acids is 2. The molecule has 0 atom stereocenters. The van der Waals surface area contributed by atoms with Gasteiger partial charge in [-0.3, -0.25) is 14.6 Å². The highest BCUT2D eigenvalue weighted by Crippen LogP contribution is 2.13. The molecule has 0 saturated heterocycles. The van der Waals surface area contributed by atoms with E-state index in [4.69, 9.17) is 10.2 Å². The van der Waals surface area contributed by atoms with Crippen molar-refractivity contribution < 1.29 is 19.8 Å². The van der Waals surface area contributed by atoms with E-state index in [0.717, 1.165) is 6.42 Å². The molecule has 0 unspecified atom stereocenters. The molecular weight excluding hydrogens is 162 g/mol. The molecule has 0 saturated carbocycles. The van der Waals surface area contributed by atoms with Gasteiger partial charge in [-0.25, -0.2) is 0 Å². The van der Waals surface area contributed by atoms with Gasteiger partial charge in [0.15, 0.2) is 5.92 Å². The maximum atomic E-state index is 10.5. The average molecular weight is 171 g/mol. The van der Waals surface area contributed by atoms with E-state index in [1.807, 2.05) is 0 Å². The van der Waals surface area contributed by atoms with Crippen LogP contribution in [0.25, 0.3) is 0 Å². The lowest BCUT2D eigenvalue weighted by Gasteiger charge is -2.05. The van der Waals surface area contributed by atoms with Crippen molar-refractivity contribution in [2.24, 2.45) is 10.9 Å². The van der Waals surface area contributed by atoms with Crippen molar-refractivity contribution >= 4 is 17.7 Å². The number of carboxylic acid groups (broad SMARTS) is 2. The summed E-state index contributed by atoms with van der Waals surface area (Å²) in [7, 11) is 0. The minimum Gasteiger partial charge on any atom is -0.480 e. The molecule has 0 aromatic rings. The Morgan fingerprint density at radius 1 is 1.33 bits per heavy atom. The molecule has 2 N–H and O–H groups in total. The lowest BCUT2D eigenvalue weighted by molar-refractivity contribution is -0.150. The first-order valence-electron chi connectivity index (χ1n) is 3.61. The molecule has 0 fully saturated rings. The third-order valence-electron chi connectivity index (χ3n) is 1.73. The highest BCUT2D eigenvalue weighted by atomic mass is 16.4. The molecular formula is C7H9NO4. The van der Waals surface area contributed by atoms with Crippen LogP contribution in [0, 0.1) is 5.92 Å². The van der Waals surface area contributed by atoms with Crippen molar-refractivity contribution in [3.8, 4) is 0 Å². The SMILES string of the molecule is O=C(O)C(C(=O)O)C1=NCCC1. The Morgan fingerprint density at radius 2 is 1.92 bits per heavy atom. The molecule has 5 heteroatoms. The van der Waals surface area contributed by atoms with Gasteiger partial charge in [0, 0.05) is 12.3 Å². The molecule has 0 bridgehead atoms. The minimum atomic E-state index is -1.44. The van der Waals surface area contributed by atoms with Crippen molar-refractivity contribution in [1.82, 2.24) is 0 Å². The van der Waals surface area contributed by atoms with E-state index in [2.05, 4.69) is 4.99 Å². The largest absolute Gasteiger partial charge is 0.480 e. The van der Waals surface area contributed by atoms with Crippen LogP contribution in [0.1, 0.15) is 12.8 Å². The number of rotatable bonds is 3. The van der Waals surface area contributed by atoms with E-state index in [9.17, 15) is 9.59 Å². The van der Waals surface area contributed by atoms with Crippen molar-refractivity contribution in [2.75, 3.05) is 6.54 Å². The Hall–Kier alpha value is -1.39. The molecule has 1 heterocycles. The van der Waals surface area contributed by atoms with Crippen molar-refractivity contribution in [3.63, 3.8) is 0 Å². The monoisotopic (exact) mass is 171 g/mol. The molecule has 5 nitrogen and oxygen atoms in total. The fourth-order valence-electron chi connectivity index (χ4n) is 1.19. The molecule has 66 valence electrons. The highest BCUT2D eigenvalue weighted by Gasteiger charge is 2.32. The van der Waals surface area contributed by atoms with Crippen LogP contribution >= 0.6 is 0 Å². The van der Waals surface area contributed by atoms with Gasteiger partial charge in [-0.15, -0.1) is 0 Å². The summed E-state index contributed by atoms with van der Waals surface area (Å²) >= 11 is 0. The zero-order valence-corrected chi connectivity index (χ0v) is 6.36. The molecule has 12 heavy (non-hydrogen) atoms. The first-order chi connectivity index (χ1) is 5.63. The van der Waals surface area contributed by atoms with Gasteiger partial charge in [0.05, 0.1) is 0 Å². The van der Waals surface area contributed by atoms with Crippen LogP contribution in [0.3, 0.4) is 0 Å². The second-order valence-electron chi connectivity index (χ2n) is 2.59. The standard InChI is InChI=1S/C7H9NO4/c9-6(10)5(7(11)12)4-2-1-3-8-4/h5H,1-3H2,(H,9,10)(H,11,12). The first-order valence-corrected chi connectivity index (χ1v) is 3.61. The molecule has 0 amide bonds. The van der Waals surface area contributed by atoms with Crippen molar-refractivity contribution in [3.05, 3.63) is 0 Å². The lowest BCUT2D eigenvalue weighted by atomic mass is 10.0. The smallest absolute Gasteiger partial charge is 0.323 e. The zero-order valence-electron chi connectivity index (χ0n) is 6.36. The molecule has 1 aliphatic rings. The van der Waals surface area contributed by atoms with Gasteiger partial charge in [-0.05, 0) is 12.8 Å². The number of nitrogens with zero attached hydrogens (tertiary/aromatic N) is 1. The third kappa shape index (κ3) is 1.61. The zero-order chi connectivity index (χ0) is 9.14. The molecule has 1 aliphatic heterocycles. The van der Waals surface area contributed by atoms with Crippen LogP contribution in [-0.4, -0.2) is 34.4 Å². The maximum Gasteiger partial charge on any atom is 0.323 e. The Morgan fingerprint density at radius 3 is 2.25 bits per heavy atom. The van der Waals surface area contributed by atoms with E-state index in [0.29, 0.717) is 13.0 Å². The topological polar surface area (TPSA) is 87.0 Å². The van der Waals surface area contributed by atoms with Gasteiger partial charge in [0.25, 0.3) is 0 Å². The van der Waals surface area contributed by atoms with Gasteiger partial charge in [-0.1, -0.05) is 0 Å². The fourth-order valence-corrected chi connectivity index (χ4v) is 1.19. The maximum absolute atomic E-state index is 10.5. The number of hydrogen-bond donors (Lipinski definition) is 2. The highest BCUT2D eigenvalue weighted by molar-refractivity contribution is 6.16. The average Bonchev–Trinajstić information content (AvgIpc) is 2.37. The summed E-state index contributed by atoms with van der Waals surface area (Å²) in [6.45, 7) is 0.548. The second kappa shape index (κ2) is 3.34. The van der Waals surface area contributed by atoms with E-state index in [1.165, 1.54) is 0 Å². The Bertz CT molecular complexity index is 232. The van der Waals surface area contributed by atoms with Crippen LogP contribution in [0.2, 0.25) is 0 Å². The number of hydrogen-bond acceptors (Lipinski definition) is 3. The van der Waals surface area contributed by atoms with E-state index < -0.39 is 17.9 Å². The van der Waals surface area contributed by atoms with Crippen LogP contribution in [0.15, 0.2) is 4.99 Å². The van der Waals surface area contributed by atoms with Gasteiger partial charge >= 0.3 is 11.9 Å². The molecule has 1 rings (SSSR count). The quantitative estimate of drug-likeness (QED) is 0.585. The van der Waals surface area contributed by atoms with Gasteiger partial charge in [-0.2, -0.15) is 0 Å². The normalized spacial score (nSPS) is 16.2. The Labute approximate surface area is 68.7 Å². The predicted molar refractivity (Wildman–Crippen MR) is 40.3 cm³/mol. The summed E-state index contributed by atoms with van der Waals surface area (Å²) in [6.07, 6.45) is 1.25. The summed E-state index contributed by atoms with van der Waals surface area (Å²) in [5.41, 5.74) is 0.287. The Balaban J connectivity index is 2.78. The summed E-state index contributed by atoms with van der Waals surface area (Å²) in [4.78, 5) is 24.8. The Kier molecular flexibility index (Phi) is 2.42. The number of carboxylic acids is 2. The molecule has 0 aromatic heterocycles. The molecule has 0 aromatic carbocycles. The summed E-state index contributed by atoms with van der Waals surface area (Å²) in [6, 6.07) is 0. The van der Waals surface area contributed by atoms with Crippen molar-refractivity contribution in [2.45, 2.75) is 12.8 Å². The number of aliphatic imine (C=N–C) groups is 1. The summed E-state index contributed by atoms with van der Waals surface area (Å²) in [5.74, 6) is -4.10. The van der Waals surface area contributed by atoms with Crippen LogP contribution in [0.4, 0.5) is 0 Å². The van der Waals surface area contributed by atoms with Gasteiger partial charge in [0.1, 0.15) is 0 Å². The van der Waals surface area contributed by atoms with E-state index >= 15 is 0 Å².